The van der Waals surface area contributed by atoms with Gasteiger partial charge in [-0.3, -0.25) is 20.6 Å². The van der Waals surface area contributed by atoms with Gasteiger partial charge in [0.1, 0.15) is 23.4 Å². The number of hydrogen-bond donors (Lipinski definition) is 2. The Bertz CT molecular complexity index is 526. The standard InChI is InChI=1S/C14H19N3O3S/c1-19-10-6-9(7-11(8-10)20-2)13-15-12(4-5-21-3)14(18)17-16-13/h6-8,12H,4-5H2,1-3H3,(H,15,16)(H,17,18). The highest BCUT2D eigenvalue weighted by Crippen LogP contribution is 2.23. The molecule has 2 rings (SSSR count). The lowest BCUT2D eigenvalue weighted by molar-refractivity contribution is -0.123. The molecular formula is C14H19N3O3S. The number of carbonyl (C=O) groups excluding carboxylic acids is 1. The Morgan fingerprint density at radius 2 is 1.86 bits per heavy atom. The first-order valence-electron chi connectivity index (χ1n) is 6.54. The molecule has 6 nitrogen and oxygen atoms in total. The molecule has 0 fully saturated rings. The fourth-order valence-corrected chi connectivity index (χ4v) is 2.43. The molecular weight excluding hydrogens is 290 g/mol. The number of nitrogens with zero attached hydrogens (tertiary/aromatic N) is 1. The molecule has 0 saturated heterocycles. The number of thioether (sulfide) groups is 1. The summed E-state index contributed by atoms with van der Waals surface area (Å²) in [4.78, 5) is 16.3. The molecule has 1 aromatic carbocycles. The number of amides is 1. The second-order valence-corrected chi connectivity index (χ2v) is 5.48. The van der Waals surface area contributed by atoms with E-state index in [-0.39, 0.29) is 11.9 Å². The van der Waals surface area contributed by atoms with Gasteiger partial charge in [0, 0.05) is 11.6 Å². The van der Waals surface area contributed by atoms with Gasteiger partial charge < -0.3 is 9.47 Å². The lowest BCUT2D eigenvalue weighted by atomic mass is 10.1. The van der Waals surface area contributed by atoms with Gasteiger partial charge >= 0.3 is 0 Å². The Balaban J connectivity index is 2.29. The molecule has 1 aliphatic rings. The fraction of sp³-hybridized carbons (Fsp3) is 0.429. The lowest BCUT2D eigenvalue weighted by Gasteiger charge is -2.22. The lowest BCUT2D eigenvalue weighted by Crippen LogP contribution is -2.51. The van der Waals surface area contributed by atoms with Crippen LogP contribution < -0.4 is 20.3 Å². The SMILES string of the molecule is COc1cc(OC)cc(C2=NC(CCSC)C(=O)NN2)c1. The minimum atomic E-state index is -0.370. The van der Waals surface area contributed by atoms with Crippen LogP contribution in [-0.2, 0) is 4.79 Å². The quantitative estimate of drug-likeness (QED) is 0.826. The minimum absolute atomic E-state index is 0.109. The van der Waals surface area contributed by atoms with Crippen molar-refractivity contribution in [3.8, 4) is 11.5 Å². The van der Waals surface area contributed by atoms with E-state index in [1.165, 1.54) is 0 Å². The average Bonchev–Trinajstić information content (AvgIpc) is 2.53. The van der Waals surface area contributed by atoms with Crippen LogP contribution in [-0.4, -0.2) is 44.0 Å². The number of nitrogens with one attached hydrogen (secondary N) is 2. The summed E-state index contributed by atoms with van der Waals surface area (Å²) in [5.74, 6) is 2.73. The zero-order chi connectivity index (χ0) is 15.2. The zero-order valence-electron chi connectivity index (χ0n) is 12.3. The van der Waals surface area contributed by atoms with Crippen molar-refractivity contribution in [3.05, 3.63) is 23.8 Å². The molecule has 1 heterocycles. The second kappa shape index (κ2) is 7.21. The van der Waals surface area contributed by atoms with E-state index in [1.54, 1.807) is 32.0 Å². The first-order valence-corrected chi connectivity index (χ1v) is 7.93. The number of methoxy groups -OCH3 is 2. The third kappa shape index (κ3) is 3.81. The fourth-order valence-electron chi connectivity index (χ4n) is 1.97. The zero-order valence-corrected chi connectivity index (χ0v) is 13.1. The van der Waals surface area contributed by atoms with Crippen LogP contribution in [0.3, 0.4) is 0 Å². The largest absolute Gasteiger partial charge is 0.497 e. The van der Waals surface area contributed by atoms with Crippen LogP contribution in [0.15, 0.2) is 23.2 Å². The average molecular weight is 309 g/mol. The highest BCUT2D eigenvalue weighted by atomic mass is 32.2. The summed E-state index contributed by atoms with van der Waals surface area (Å²) in [5, 5.41) is 0. The Hall–Kier alpha value is -1.89. The molecule has 0 aliphatic carbocycles. The van der Waals surface area contributed by atoms with Crippen molar-refractivity contribution >= 4 is 23.5 Å². The van der Waals surface area contributed by atoms with Gasteiger partial charge in [0.2, 0.25) is 0 Å². The summed E-state index contributed by atoms with van der Waals surface area (Å²) in [6, 6.07) is 5.11. The molecule has 1 aliphatic heterocycles. The molecule has 0 radical (unpaired) electrons. The number of carbonyl (C=O) groups is 1. The maximum absolute atomic E-state index is 11.8. The number of aliphatic imine (C=N–C) groups is 1. The van der Waals surface area contributed by atoms with E-state index < -0.39 is 0 Å². The Morgan fingerprint density at radius 1 is 1.19 bits per heavy atom. The number of rotatable bonds is 6. The minimum Gasteiger partial charge on any atom is -0.497 e. The smallest absolute Gasteiger partial charge is 0.263 e. The van der Waals surface area contributed by atoms with E-state index in [4.69, 9.17) is 9.47 Å². The molecule has 0 spiro atoms. The first-order chi connectivity index (χ1) is 10.2. The molecule has 7 heteroatoms. The van der Waals surface area contributed by atoms with Crippen molar-refractivity contribution in [1.82, 2.24) is 10.9 Å². The van der Waals surface area contributed by atoms with Gasteiger partial charge in [-0.15, -0.1) is 0 Å². The van der Waals surface area contributed by atoms with E-state index in [9.17, 15) is 4.79 Å². The summed E-state index contributed by atoms with van der Waals surface area (Å²) >= 11 is 1.70. The van der Waals surface area contributed by atoms with Crippen LogP contribution >= 0.6 is 11.8 Å². The molecule has 0 aromatic heterocycles. The van der Waals surface area contributed by atoms with Gasteiger partial charge in [-0.05, 0) is 30.6 Å². The normalized spacial score (nSPS) is 17.6. The Morgan fingerprint density at radius 3 is 2.43 bits per heavy atom. The van der Waals surface area contributed by atoms with Crippen LogP contribution in [0.25, 0.3) is 0 Å². The molecule has 0 saturated carbocycles. The Labute approximate surface area is 128 Å². The van der Waals surface area contributed by atoms with E-state index in [2.05, 4.69) is 15.8 Å². The highest BCUT2D eigenvalue weighted by molar-refractivity contribution is 7.98. The molecule has 1 amide bonds. The Kier molecular flexibility index (Phi) is 5.32. The van der Waals surface area contributed by atoms with Crippen LogP contribution in [0.5, 0.6) is 11.5 Å². The van der Waals surface area contributed by atoms with Crippen LogP contribution in [0.1, 0.15) is 12.0 Å². The summed E-state index contributed by atoms with van der Waals surface area (Å²) < 4.78 is 10.5. The first kappa shape index (κ1) is 15.5. The molecule has 1 unspecified atom stereocenters. The summed E-state index contributed by atoms with van der Waals surface area (Å²) in [6.07, 6.45) is 2.72. The maximum atomic E-state index is 11.8. The van der Waals surface area contributed by atoms with Gasteiger partial charge in [-0.1, -0.05) is 0 Å². The molecule has 21 heavy (non-hydrogen) atoms. The van der Waals surface area contributed by atoms with Crippen molar-refractivity contribution < 1.29 is 14.3 Å². The highest BCUT2D eigenvalue weighted by Gasteiger charge is 2.23. The molecule has 114 valence electrons. The number of hydrogen-bond acceptors (Lipinski definition) is 6. The number of amidine groups is 1. The van der Waals surface area contributed by atoms with E-state index >= 15 is 0 Å². The maximum Gasteiger partial charge on any atom is 0.263 e. The predicted octanol–water partition coefficient (Wildman–Crippen LogP) is 1.21. The molecule has 1 aromatic rings. The van der Waals surface area contributed by atoms with Gasteiger partial charge in [-0.2, -0.15) is 11.8 Å². The molecule has 2 N–H and O–H groups in total. The third-order valence-electron chi connectivity index (χ3n) is 3.11. The van der Waals surface area contributed by atoms with Crippen molar-refractivity contribution in [1.29, 1.82) is 0 Å². The van der Waals surface area contributed by atoms with Crippen LogP contribution in [0, 0.1) is 0 Å². The van der Waals surface area contributed by atoms with E-state index in [0.29, 0.717) is 23.8 Å². The van der Waals surface area contributed by atoms with Crippen molar-refractivity contribution in [2.24, 2.45) is 4.99 Å². The number of hydrazine groups is 1. The van der Waals surface area contributed by atoms with Gasteiger partial charge in [0.25, 0.3) is 5.91 Å². The summed E-state index contributed by atoms with van der Waals surface area (Å²) in [7, 11) is 3.19. The summed E-state index contributed by atoms with van der Waals surface area (Å²) in [6.45, 7) is 0. The van der Waals surface area contributed by atoms with E-state index in [0.717, 1.165) is 11.3 Å². The van der Waals surface area contributed by atoms with Gasteiger partial charge in [0.15, 0.2) is 0 Å². The van der Waals surface area contributed by atoms with Gasteiger partial charge in [0.05, 0.1) is 14.2 Å². The van der Waals surface area contributed by atoms with Crippen LogP contribution in [0.2, 0.25) is 0 Å². The second-order valence-electron chi connectivity index (χ2n) is 4.49. The predicted molar refractivity (Wildman–Crippen MR) is 84.1 cm³/mol. The van der Waals surface area contributed by atoms with Crippen molar-refractivity contribution in [2.45, 2.75) is 12.5 Å². The molecule has 1 atom stereocenters. The van der Waals surface area contributed by atoms with Crippen LogP contribution in [0.4, 0.5) is 0 Å². The van der Waals surface area contributed by atoms with Gasteiger partial charge in [-0.25, -0.2) is 0 Å². The van der Waals surface area contributed by atoms with Crippen molar-refractivity contribution in [2.75, 3.05) is 26.2 Å². The third-order valence-corrected chi connectivity index (χ3v) is 3.76. The number of benzene rings is 1. The molecule has 0 bridgehead atoms. The van der Waals surface area contributed by atoms with E-state index in [1.807, 2.05) is 18.4 Å². The topological polar surface area (TPSA) is 72.0 Å². The number of ether oxygens (including phenoxy) is 2. The summed E-state index contributed by atoms with van der Waals surface area (Å²) in [5.41, 5.74) is 6.29. The van der Waals surface area contributed by atoms with Crippen molar-refractivity contribution in [3.63, 3.8) is 0 Å². The monoisotopic (exact) mass is 309 g/mol.